The van der Waals surface area contributed by atoms with Gasteiger partial charge in [0.25, 0.3) is 0 Å². The molecule has 0 bridgehead atoms. The first-order valence-corrected chi connectivity index (χ1v) is 18.9. The Morgan fingerprint density at radius 3 is 2.19 bits per heavy atom. The number of fused-ring (bicyclic) bond motifs is 5. The molecular formula is C43H58O4. The van der Waals surface area contributed by atoms with E-state index in [9.17, 15) is 4.79 Å². The van der Waals surface area contributed by atoms with Gasteiger partial charge in [-0.15, -0.1) is 0 Å². The highest BCUT2D eigenvalue weighted by atomic mass is 16.5. The van der Waals surface area contributed by atoms with Gasteiger partial charge in [-0.05, 0) is 102 Å². The van der Waals surface area contributed by atoms with Gasteiger partial charge in [-0.2, -0.15) is 0 Å². The number of benzene rings is 2. The second-order valence-electron chi connectivity index (χ2n) is 16.8. The SMILES string of the molecule is CC(C)C1CC(=O)OC([C@H](C)C2=CCC3C4CCC5C[C@H](OCc6ccccc6)C[C@H](OCc6ccccc6)[C@]5(C)C4CC[C@]23C)C1. The van der Waals surface area contributed by atoms with Gasteiger partial charge in [0, 0.05) is 18.8 Å². The van der Waals surface area contributed by atoms with Crippen molar-refractivity contribution in [1.82, 2.24) is 0 Å². The molecule has 5 aliphatic rings. The highest BCUT2D eigenvalue weighted by molar-refractivity contribution is 5.70. The van der Waals surface area contributed by atoms with E-state index in [-0.39, 0.29) is 41.0 Å². The van der Waals surface area contributed by atoms with Gasteiger partial charge < -0.3 is 14.2 Å². The van der Waals surface area contributed by atoms with Crippen molar-refractivity contribution in [2.24, 2.45) is 52.3 Å². The summed E-state index contributed by atoms with van der Waals surface area (Å²) in [6.45, 7) is 13.4. The largest absolute Gasteiger partial charge is 0.462 e. The topological polar surface area (TPSA) is 44.8 Å². The van der Waals surface area contributed by atoms with Crippen molar-refractivity contribution in [3.8, 4) is 0 Å². The van der Waals surface area contributed by atoms with E-state index in [1.165, 1.54) is 43.2 Å². The third-order valence-corrected chi connectivity index (χ3v) is 14.2. The van der Waals surface area contributed by atoms with E-state index in [0.717, 1.165) is 19.3 Å². The smallest absolute Gasteiger partial charge is 0.306 e. The molecular weight excluding hydrogens is 580 g/mol. The van der Waals surface area contributed by atoms with Gasteiger partial charge in [0.05, 0.1) is 25.4 Å². The van der Waals surface area contributed by atoms with Gasteiger partial charge in [-0.1, -0.05) is 107 Å². The van der Waals surface area contributed by atoms with Gasteiger partial charge in [0.15, 0.2) is 0 Å². The lowest BCUT2D eigenvalue weighted by molar-refractivity contribution is -0.205. The average Bonchev–Trinajstić information content (AvgIpc) is 3.44. The first kappa shape index (κ1) is 33.1. The Hall–Kier alpha value is -2.43. The van der Waals surface area contributed by atoms with E-state index in [1.54, 1.807) is 5.57 Å². The summed E-state index contributed by atoms with van der Waals surface area (Å²) in [7, 11) is 0. The number of allylic oxidation sites excluding steroid dienone is 1. The van der Waals surface area contributed by atoms with Crippen LogP contribution in [0.1, 0.15) is 104 Å². The van der Waals surface area contributed by atoms with Crippen molar-refractivity contribution < 1.29 is 19.0 Å². The third kappa shape index (κ3) is 6.27. The fraction of sp³-hybridized carbons (Fsp3) is 0.651. The number of hydrogen-bond acceptors (Lipinski definition) is 4. The minimum Gasteiger partial charge on any atom is -0.462 e. The van der Waals surface area contributed by atoms with Crippen LogP contribution in [0.3, 0.4) is 0 Å². The van der Waals surface area contributed by atoms with Gasteiger partial charge >= 0.3 is 5.97 Å². The molecule has 2 aromatic rings. The van der Waals surface area contributed by atoms with E-state index >= 15 is 0 Å². The molecule has 6 unspecified atom stereocenters. The zero-order valence-corrected chi connectivity index (χ0v) is 29.5. The van der Waals surface area contributed by atoms with E-state index in [2.05, 4.69) is 101 Å². The maximum atomic E-state index is 12.7. The average molecular weight is 639 g/mol. The molecule has 47 heavy (non-hydrogen) atoms. The van der Waals surface area contributed by atoms with Crippen molar-refractivity contribution in [2.45, 2.75) is 124 Å². The number of carbonyl (C=O) groups excluding carboxylic acids is 1. The van der Waals surface area contributed by atoms with Crippen LogP contribution in [-0.2, 0) is 32.2 Å². The molecule has 3 saturated carbocycles. The fourth-order valence-corrected chi connectivity index (χ4v) is 11.4. The standard InChI is InChI=1S/C43H58O4/c1-28(2)32-22-39(47-41(44)23-32)29(3)36-18-19-37-35-17-16-33-24-34(45-26-30-12-8-6-9-13-30)25-40(46-27-31-14-10-7-11-15-31)43(33,5)38(35)20-21-42(36,37)4/h6-15,18,28-29,32-35,37-40H,16-17,19-27H2,1-5H3/t29-,32?,33?,34+,35?,37?,38?,39?,40+,42-,43+/m1/s1. The van der Waals surface area contributed by atoms with E-state index < -0.39 is 0 Å². The Balaban J connectivity index is 1.10. The lowest BCUT2D eigenvalue weighted by Gasteiger charge is -2.63. The number of ether oxygens (including phenoxy) is 3. The van der Waals surface area contributed by atoms with Crippen LogP contribution in [-0.4, -0.2) is 24.3 Å². The summed E-state index contributed by atoms with van der Waals surface area (Å²) in [5.74, 6) is 3.89. The zero-order valence-electron chi connectivity index (χ0n) is 29.5. The van der Waals surface area contributed by atoms with Gasteiger partial charge in [-0.25, -0.2) is 0 Å². The highest BCUT2D eigenvalue weighted by Gasteiger charge is 2.62. The molecule has 4 aliphatic carbocycles. The first-order valence-electron chi connectivity index (χ1n) is 18.9. The second kappa shape index (κ2) is 13.5. The quantitative estimate of drug-likeness (QED) is 0.203. The number of esters is 1. The van der Waals surface area contributed by atoms with E-state index in [0.29, 0.717) is 55.1 Å². The minimum absolute atomic E-state index is 0.00644. The van der Waals surface area contributed by atoms with E-state index in [1.807, 2.05) is 0 Å². The highest BCUT2D eigenvalue weighted by Crippen LogP contribution is 2.67. The molecule has 7 rings (SSSR count). The molecule has 254 valence electrons. The molecule has 0 N–H and O–H groups in total. The molecule has 11 atom stereocenters. The molecule has 1 saturated heterocycles. The zero-order chi connectivity index (χ0) is 32.8. The van der Waals surface area contributed by atoms with Crippen LogP contribution in [0.2, 0.25) is 0 Å². The predicted molar refractivity (Wildman–Crippen MR) is 187 cm³/mol. The summed E-state index contributed by atoms with van der Waals surface area (Å²) in [5, 5.41) is 0. The summed E-state index contributed by atoms with van der Waals surface area (Å²) in [4.78, 5) is 12.7. The Bertz CT molecular complexity index is 1400. The Morgan fingerprint density at radius 1 is 0.830 bits per heavy atom. The molecule has 0 spiro atoms. The number of cyclic esters (lactones) is 1. The Labute approximate surface area is 284 Å². The first-order chi connectivity index (χ1) is 22.7. The van der Waals surface area contributed by atoms with Crippen molar-refractivity contribution in [3.05, 3.63) is 83.4 Å². The Morgan fingerprint density at radius 2 is 1.51 bits per heavy atom. The van der Waals surface area contributed by atoms with Crippen molar-refractivity contribution >= 4 is 5.97 Å². The Kier molecular flexibility index (Phi) is 9.48. The summed E-state index contributed by atoms with van der Waals surface area (Å²) in [5.41, 5.74) is 4.43. The summed E-state index contributed by atoms with van der Waals surface area (Å²) in [6.07, 6.45) is 13.0. The molecule has 2 aromatic carbocycles. The molecule has 4 heteroatoms. The molecule has 0 amide bonds. The van der Waals surface area contributed by atoms with Crippen LogP contribution in [0.4, 0.5) is 0 Å². The van der Waals surface area contributed by atoms with Crippen LogP contribution in [0.25, 0.3) is 0 Å². The molecule has 1 aliphatic heterocycles. The lowest BCUT2D eigenvalue weighted by Crippen LogP contribution is -2.60. The third-order valence-electron chi connectivity index (χ3n) is 14.2. The van der Waals surface area contributed by atoms with Crippen LogP contribution in [0.15, 0.2) is 72.3 Å². The molecule has 4 nitrogen and oxygen atoms in total. The van der Waals surface area contributed by atoms with Crippen LogP contribution >= 0.6 is 0 Å². The summed E-state index contributed by atoms with van der Waals surface area (Å²) < 4.78 is 19.8. The van der Waals surface area contributed by atoms with Gasteiger partial charge in [0.1, 0.15) is 6.10 Å². The summed E-state index contributed by atoms with van der Waals surface area (Å²) >= 11 is 0. The van der Waals surface area contributed by atoms with Crippen molar-refractivity contribution in [2.75, 3.05) is 0 Å². The number of hydrogen-bond donors (Lipinski definition) is 0. The van der Waals surface area contributed by atoms with Crippen LogP contribution in [0, 0.1) is 52.3 Å². The number of carbonyl (C=O) groups is 1. The second-order valence-corrected chi connectivity index (χ2v) is 16.8. The van der Waals surface area contributed by atoms with Crippen LogP contribution in [0.5, 0.6) is 0 Å². The van der Waals surface area contributed by atoms with Gasteiger partial charge in [-0.3, -0.25) is 4.79 Å². The molecule has 4 fully saturated rings. The predicted octanol–water partition coefficient (Wildman–Crippen LogP) is 9.96. The maximum Gasteiger partial charge on any atom is 0.306 e. The number of rotatable bonds is 9. The lowest BCUT2D eigenvalue weighted by atomic mass is 9.43. The maximum absolute atomic E-state index is 12.7. The van der Waals surface area contributed by atoms with Crippen molar-refractivity contribution in [1.29, 1.82) is 0 Å². The molecule has 0 radical (unpaired) electrons. The fourth-order valence-electron chi connectivity index (χ4n) is 11.4. The monoisotopic (exact) mass is 638 g/mol. The van der Waals surface area contributed by atoms with E-state index in [4.69, 9.17) is 14.2 Å². The van der Waals surface area contributed by atoms with Crippen LogP contribution < -0.4 is 0 Å². The molecule has 1 heterocycles. The molecule has 0 aromatic heterocycles. The normalized spacial score (nSPS) is 38.9. The van der Waals surface area contributed by atoms with Crippen molar-refractivity contribution in [3.63, 3.8) is 0 Å². The minimum atomic E-state index is 0.00644. The van der Waals surface area contributed by atoms with Gasteiger partial charge in [0.2, 0.25) is 0 Å². The summed E-state index contributed by atoms with van der Waals surface area (Å²) in [6, 6.07) is 21.4.